The molecule has 1 amide bonds. The molecule has 3 atom stereocenters. The van der Waals surface area contributed by atoms with Gasteiger partial charge in [0.1, 0.15) is 0 Å². The molecule has 1 saturated carbocycles. The number of rotatable bonds is 1. The highest BCUT2D eigenvalue weighted by Crippen LogP contribution is 2.38. The summed E-state index contributed by atoms with van der Waals surface area (Å²) in [6.45, 7) is 3.07. The van der Waals surface area contributed by atoms with E-state index in [0.717, 1.165) is 25.6 Å². The van der Waals surface area contributed by atoms with Crippen LogP contribution in [0.4, 0.5) is 0 Å². The van der Waals surface area contributed by atoms with Crippen molar-refractivity contribution in [2.45, 2.75) is 51.0 Å². The van der Waals surface area contributed by atoms with Crippen LogP contribution in [0.3, 0.4) is 0 Å². The van der Waals surface area contributed by atoms with Crippen LogP contribution >= 0.6 is 0 Å². The second-order valence-corrected chi connectivity index (χ2v) is 5.98. The fraction of sp³-hybridized carbons (Fsp3) is 0.929. The fourth-order valence-electron chi connectivity index (χ4n) is 3.95. The summed E-state index contributed by atoms with van der Waals surface area (Å²) in [5, 5.41) is 3.48. The molecule has 2 heterocycles. The van der Waals surface area contributed by atoms with E-state index in [4.69, 9.17) is 0 Å². The van der Waals surface area contributed by atoms with Crippen molar-refractivity contribution >= 4 is 5.91 Å². The zero-order valence-electron chi connectivity index (χ0n) is 10.7. The topological polar surface area (TPSA) is 32.3 Å². The second kappa shape index (κ2) is 4.97. The van der Waals surface area contributed by atoms with Gasteiger partial charge in [0.2, 0.25) is 5.91 Å². The van der Waals surface area contributed by atoms with Crippen LogP contribution in [0, 0.1) is 11.8 Å². The van der Waals surface area contributed by atoms with E-state index in [1.807, 2.05) is 0 Å². The van der Waals surface area contributed by atoms with Gasteiger partial charge in [-0.25, -0.2) is 0 Å². The number of nitrogens with zero attached hydrogens (tertiary/aromatic N) is 1. The largest absolute Gasteiger partial charge is 0.341 e. The van der Waals surface area contributed by atoms with Crippen molar-refractivity contribution in [3.05, 3.63) is 0 Å². The van der Waals surface area contributed by atoms with Crippen LogP contribution in [0.1, 0.15) is 44.9 Å². The molecule has 3 unspecified atom stereocenters. The number of amides is 1. The van der Waals surface area contributed by atoms with E-state index < -0.39 is 0 Å². The molecule has 3 rings (SSSR count). The van der Waals surface area contributed by atoms with Crippen molar-refractivity contribution in [2.24, 2.45) is 11.8 Å². The Morgan fingerprint density at radius 3 is 2.53 bits per heavy atom. The molecule has 96 valence electrons. The maximum atomic E-state index is 12.6. The van der Waals surface area contributed by atoms with Crippen LogP contribution < -0.4 is 5.32 Å². The Hall–Kier alpha value is -0.570. The van der Waals surface area contributed by atoms with Crippen molar-refractivity contribution in [2.75, 3.05) is 19.6 Å². The van der Waals surface area contributed by atoms with E-state index in [0.29, 0.717) is 11.8 Å². The summed E-state index contributed by atoms with van der Waals surface area (Å²) in [5.74, 6) is 1.84. The van der Waals surface area contributed by atoms with Gasteiger partial charge in [0.05, 0.1) is 6.04 Å². The number of carbonyl (C=O) groups is 1. The summed E-state index contributed by atoms with van der Waals surface area (Å²) < 4.78 is 0. The van der Waals surface area contributed by atoms with E-state index in [1.54, 1.807) is 0 Å². The molecule has 0 spiro atoms. The third-order valence-electron chi connectivity index (χ3n) is 4.93. The first kappa shape index (κ1) is 11.5. The molecule has 3 heteroatoms. The zero-order valence-corrected chi connectivity index (χ0v) is 10.7. The third-order valence-corrected chi connectivity index (χ3v) is 4.93. The van der Waals surface area contributed by atoms with E-state index in [9.17, 15) is 4.79 Å². The molecule has 0 bridgehead atoms. The number of nitrogens with one attached hydrogen (secondary N) is 1. The first-order chi connectivity index (χ1) is 8.36. The maximum absolute atomic E-state index is 12.6. The quantitative estimate of drug-likeness (QED) is 0.752. The summed E-state index contributed by atoms with van der Waals surface area (Å²) in [7, 11) is 0. The summed E-state index contributed by atoms with van der Waals surface area (Å²) in [5.41, 5.74) is 0. The smallest absolute Gasteiger partial charge is 0.240 e. The molecule has 0 radical (unpaired) electrons. The fourth-order valence-corrected chi connectivity index (χ4v) is 3.95. The van der Waals surface area contributed by atoms with E-state index in [2.05, 4.69) is 10.2 Å². The normalized spacial score (nSPS) is 37.9. The lowest BCUT2D eigenvalue weighted by molar-refractivity contribution is -0.134. The van der Waals surface area contributed by atoms with Gasteiger partial charge < -0.3 is 10.2 Å². The van der Waals surface area contributed by atoms with E-state index >= 15 is 0 Å². The Labute approximate surface area is 104 Å². The van der Waals surface area contributed by atoms with Crippen molar-refractivity contribution in [1.82, 2.24) is 10.2 Å². The van der Waals surface area contributed by atoms with Crippen molar-refractivity contribution in [3.8, 4) is 0 Å². The Bertz CT molecular complexity index is 284. The first-order valence-electron chi connectivity index (χ1n) is 7.38. The number of hydrogen-bond acceptors (Lipinski definition) is 2. The van der Waals surface area contributed by atoms with Crippen LogP contribution in [0.15, 0.2) is 0 Å². The van der Waals surface area contributed by atoms with Gasteiger partial charge in [-0.05, 0) is 44.1 Å². The maximum Gasteiger partial charge on any atom is 0.240 e. The second-order valence-electron chi connectivity index (χ2n) is 5.98. The molecule has 3 aliphatic rings. The Morgan fingerprint density at radius 1 is 1.00 bits per heavy atom. The summed E-state index contributed by atoms with van der Waals surface area (Å²) in [6, 6.07) is 0.153. The molecule has 0 aromatic carbocycles. The molecule has 17 heavy (non-hydrogen) atoms. The van der Waals surface area contributed by atoms with Crippen LogP contribution in [0.5, 0.6) is 0 Å². The minimum atomic E-state index is 0.153. The lowest BCUT2D eigenvalue weighted by Crippen LogP contribution is -2.46. The molecular formula is C14H24N2O. The predicted octanol–water partition coefficient (Wildman–Crippen LogP) is 1.78. The average Bonchev–Trinajstić information content (AvgIpc) is 2.82. The highest BCUT2D eigenvalue weighted by Gasteiger charge is 2.43. The average molecular weight is 236 g/mol. The van der Waals surface area contributed by atoms with Gasteiger partial charge in [0, 0.05) is 13.1 Å². The van der Waals surface area contributed by atoms with Gasteiger partial charge in [0.15, 0.2) is 0 Å². The monoisotopic (exact) mass is 236 g/mol. The number of likely N-dealkylation sites (tertiary alicyclic amines) is 1. The SMILES string of the molecule is O=C(C1NCC2CCCC21)N1CCCCCC1. The van der Waals surface area contributed by atoms with Crippen LogP contribution in [0.25, 0.3) is 0 Å². The van der Waals surface area contributed by atoms with Crippen molar-refractivity contribution in [1.29, 1.82) is 0 Å². The first-order valence-corrected chi connectivity index (χ1v) is 7.38. The summed E-state index contributed by atoms with van der Waals surface area (Å²) in [6.07, 6.45) is 8.94. The minimum Gasteiger partial charge on any atom is -0.341 e. The van der Waals surface area contributed by atoms with Gasteiger partial charge in [0.25, 0.3) is 0 Å². The molecule has 1 N–H and O–H groups in total. The van der Waals surface area contributed by atoms with Gasteiger partial charge in [-0.2, -0.15) is 0 Å². The molecule has 0 aromatic heterocycles. The molecule has 0 aromatic rings. The lowest BCUT2D eigenvalue weighted by atomic mass is 9.93. The van der Waals surface area contributed by atoms with Crippen LogP contribution in [-0.4, -0.2) is 36.5 Å². The Kier molecular flexibility index (Phi) is 3.37. The lowest BCUT2D eigenvalue weighted by Gasteiger charge is -2.26. The highest BCUT2D eigenvalue weighted by atomic mass is 16.2. The predicted molar refractivity (Wildman–Crippen MR) is 67.7 cm³/mol. The molecule has 3 fully saturated rings. The molecule has 3 nitrogen and oxygen atoms in total. The number of carbonyl (C=O) groups excluding carboxylic acids is 1. The molecule has 1 aliphatic carbocycles. The van der Waals surface area contributed by atoms with E-state index in [1.165, 1.54) is 44.9 Å². The van der Waals surface area contributed by atoms with Gasteiger partial charge in [-0.1, -0.05) is 19.3 Å². The summed E-state index contributed by atoms with van der Waals surface area (Å²) in [4.78, 5) is 14.7. The Balaban J connectivity index is 1.64. The third kappa shape index (κ3) is 2.22. The van der Waals surface area contributed by atoms with Gasteiger partial charge in [-0.15, -0.1) is 0 Å². The standard InChI is InChI=1S/C14H24N2O/c17-14(16-8-3-1-2-4-9-16)13-12-7-5-6-11(12)10-15-13/h11-13,15H,1-10H2. The Morgan fingerprint density at radius 2 is 1.76 bits per heavy atom. The molecule has 2 aliphatic heterocycles. The van der Waals surface area contributed by atoms with Gasteiger partial charge >= 0.3 is 0 Å². The number of hydrogen-bond donors (Lipinski definition) is 1. The molecule has 2 saturated heterocycles. The minimum absolute atomic E-state index is 0.153. The number of fused-ring (bicyclic) bond motifs is 1. The van der Waals surface area contributed by atoms with Gasteiger partial charge in [-0.3, -0.25) is 4.79 Å². The summed E-state index contributed by atoms with van der Waals surface area (Å²) >= 11 is 0. The zero-order chi connectivity index (χ0) is 11.7. The highest BCUT2D eigenvalue weighted by molar-refractivity contribution is 5.82. The van der Waals surface area contributed by atoms with E-state index in [-0.39, 0.29) is 6.04 Å². The molecular weight excluding hydrogens is 212 g/mol. The van der Waals surface area contributed by atoms with Crippen molar-refractivity contribution < 1.29 is 4.79 Å². The van der Waals surface area contributed by atoms with Crippen LogP contribution in [-0.2, 0) is 4.79 Å². The van der Waals surface area contributed by atoms with Crippen LogP contribution in [0.2, 0.25) is 0 Å². The van der Waals surface area contributed by atoms with Crippen molar-refractivity contribution in [3.63, 3.8) is 0 Å².